The molecule has 4 rings (SSSR count). The molecule has 0 saturated carbocycles. The van der Waals surface area contributed by atoms with E-state index < -0.39 is 0 Å². The number of aryl methyl sites for hydroxylation is 1. The van der Waals surface area contributed by atoms with Gasteiger partial charge < -0.3 is 8.92 Å². The van der Waals surface area contributed by atoms with Crippen LogP contribution < -0.4 is 0 Å². The van der Waals surface area contributed by atoms with E-state index in [1.54, 1.807) is 0 Å². The Kier molecular flexibility index (Phi) is 2.96. The molecule has 5 nitrogen and oxygen atoms in total. The third-order valence-electron chi connectivity index (χ3n) is 3.55. The van der Waals surface area contributed by atoms with Crippen molar-refractivity contribution in [2.45, 2.75) is 13.3 Å². The van der Waals surface area contributed by atoms with E-state index in [0.29, 0.717) is 11.7 Å². The van der Waals surface area contributed by atoms with Gasteiger partial charge >= 0.3 is 0 Å². The van der Waals surface area contributed by atoms with Gasteiger partial charge in [-0.15, -0.1) is 0 Å². The Morgan fingerprint density at radius 1 is 1.05 bits per heavy atom. The van der Waals surface area contributed by atoms with Crippen LogP contribution in [0, 0.1) is 0 Å². The molecule has 0 radical (unpaired) electrons. The second-order valence-corrected chi connectivity index (χ2v) is 5.04. The molecule has 0 saturated heterocycles. The maximum absolute atomic E-state index is 5.18. The van der Waals surface area contributed by atoms with Crippen LogP contribution in [0.5, 0.6) is 0 Å². The number of pyridine rings is 1. The summed E-state index contributed by atoms with van der Waals surface area (Å²) in [6.07, 6.45) is 4.74. The monoisotopic (exact) mass is 290 g/mol. The summed E-state index contributed by atoms with van der Waals surface area (Å²) in [7, 11) is 0. The molecule has 0 aliphatic rings. The van der Waals surface area contributed by atoms with Gasteiger partial charge in [-0.1, -0.05) is 36.3 Å². The third kappa shape index (κ3) is 2.16. The van der Waals surface area contributed by atoms with Gasteiger partial charge in [0.25, 0.3) is 0 Å². The Hall–Kier alpha value is -2.95. The third-order valence-corrected chi connectivity index (χ3v) is 3.55. The highest BCUT2D eigenvalue weighted by atomic mass is 16.5. The molecule has 0 atom stereocenters. The first-order valence-corrected chi connectivity index (χ1v) is 7.20. The molecule has 0 amide bonds. The predicted octanol–water partition coefficient (Wildman–Crippen LogP) is 3.61. The zero-order chi connectivity index (χ0) is 14.9. The second-order valence-electron chi connectivity index (χ2n) is 5.04. The SMILES string of the molecule is CCc1nc(-c2cccc(-c3cn4ccccc4n3)c2)no1. The fourth-order valence-corrected chi connectivity index (χ4v) is 2.41. The molecule has 0 aliphatic carbocycles. The number of benzene rings is 1. The highest BCUT2D eigenvalue weighted by molar-refractivity contribution is 5.69. The first-order chi connectivity index (χ1) is 10.8. The first kappa shape index (κ1) is 12.8. The summed E-state index contributed by atoms with van der Waals surface area (Å²) in [5.41, 5.74) is 3.81. The Balaban J connectivity index is 1.77. The highest BCUT2D eigenvalue weighted by Gasteiger charge is 2.10. The number of imidazole rings is 1. The lowest BCUT2D eigenvalue weighted by atomic mass is 10.1. The highest BCUT2D eigenvalue weighted by Crippen LogP contribution is 2.24. The molecule has 4 aromatic rings. The predicted molar refractivity (Wildman–Crippen MR) is 83.3 cm³/mol. The van der Waals surface area contributed by atoms with Gasteiger partial charge in [0.2, 0.25) is 11.7 Å². The van der Waals surface area contributed by atoms with Crippen molar-refractivity contribution >= 4 is 5.65 Å². The van der Waals surface area contributed by atoms with Gasteiger partial charge in [-0.25, -0.2) is 4.98 Å². The van der Waals surface area contributed by atoms with Gasteiger partial charge in [-0.2, -0.15) is 4.98 Å². The molecule has 0 unspecified atom stereocenters. The van der Waals surface area contributed by atoms with Crippen LogP contribution in [-0.2, 0) is 6.42 Å². The largest absolute Gasteiger partial charge is 0.339 e. The summed E-state index contributed by atoms with van der Waals surface area (Å²) in [6.45, 7) is 1.99. The molecule has 3 aromatic heterocycles. The zero-order valence-corrected chi connectivity index (χ0v) is 12.1. The van der Waals surface area contributed by atoms with Crippen molar-refractivity contribution in [3.63, 3.8) is 0 Å². The van der Waals surface area contributed by atoms with E-state index in [4.69, 9.17) is 4.52 Å². The molecule has 0 fully saturated rings. The van der Waals surface area contributed by atoms with Crippen LogP contribution in [0.15, 0.2) is 59.4 Å². The van der Waals surface area contributed by atoms with Gasteiger partial charge in [-0.05, 0) is 18.2 Å². The van der Waals surface area contributed by atoms with Gasteiger partial charge in [0, 0.05) is 29.9 Å². The summed E-state index contributed by atoms with van der Waals surface area (Å²) in [6, 6.07) is 14.0. The molecule has 22 heavy (non-hydrogen) atoms. The van der Waals surface area contributed by atoms with Crippen molar-refractivity contribution in [2.24, 2.45) is 0 Å². The Morgan fingerprint density at radius 3 is 2.77 bits per heavy atom. The average molecular weight is 290 g/mol. The number of aromatic nitrogens is 4. The molecule has 0 aliphatic heterocycles. The molecule has 0 N–H and O–H groups in total. The smallest absolute Gasteiger partial charge is 0.226 e. The Labute approximate surface area is 127 Å². The first-order valence-electron chi connectivity index (χ1n) is 7.20. The van der Waals surface area contributed by atoms with Gasteiger partial charge in [-0.3, -0.25) is 0 Å². The van der Waals surface area contributed by atoms with Crippen LogP contribution in [0.4, 0.5) is 0 Å². The maximum atomic E-state index is 5.18. The number of rotatable bonds is 3. The van der Waals surface area contributed by atoms with E-state index in [0.717, 1.165) is 28.9 Å². The van der Waals surface area contributed by atoms with Crippen LogP contribution in [0.1, 0.15) is 12.8 Å². The summed E-state index contributed by atoms with van der Waals surface area (Å²) >= 11 is 0. The molecular weight excluding hydrogens is 276 g/mol. The molecule has 108 valence electrons. The average Bonchev–Trinajstić information content (AvgIpc) is 3.21. The molecule has 5 heteroatoms. The lowest BCUT2D eigenvalue weighted by Gasteiger charge is -1.99. The van der Waals surface area contributed by atoms with Crippen molar-refractivity contribution in [2.75, 3.05) is 0 Å². The van der Waals surface area contributed by atoms with Crippen molar-refractivity contribution < 1.29 is 4.52 Å². The van der Waals surface area contributed by atoms with Crippen molar-refractivity contribution in [1.29, 1.82) is 0 Å². The van der Waals surface area contributed by atoms with E-state index in [-0.39, 0.29) is 0 Å². The molecular formula is C17H14N4O. The quantitative estimate of drug-likeness (QED) is 0.578. The summed E-state index contributed by atoms with van der Waals surface area (Å²) in [4.78, 5) is 9.01. The minimum atomic E-state index is 0.613. The van der Waals surface area contributed by atoms with Gasteiger partial charge in [0.05, 0.1) is 5.69 Å². The summed E-state index contributed by atoms with van der Waals surface area (Å²) in [5, 5.41) is 4.02. The number of fused-ring (bicyclic) bond motifs is 1. The lowest BCUT2D eigenvalue weighted by molar-refractivity contribution is 0.383. The zero-order valence-electron chi connectivity index (χ0n) is 12.1. The minimum absolute atomic E-state index is 0.613. The summed E-state index contributed by atoms with van der Waals surface area (Å²) < 4.78 is 7.19. The Bertz CT molecular complexity index is 905. The minimum Gasteiger partial charge on any atom is -0.339 e. The number of hydrogen-bond acceptors (Lipinski definition) is 4. The van der Waals surface area contributed by atoms with E-state index in [9.17, 15) is 0 Å². The van der Waals surface area contributed by atoms with E-state index in [1.807, 2.05) is 66.2 Å². The second kappa shape index (κ2) is 5.11. The van der Waals surface area contributed by atoms with Crippen molar-refractivity contribution in [3.8, 4) is 22.6 Å². The van der Waals surface area contributed by atoms with Gasteiger partial charge in [0.1, 0.15) is 5.65 Å². The summed E-state index contributed by atoms with van der Waals surface area (Å²) in [5.74, 6) is 1.26. The molecule has 0 bridgehead atoms. The fraction of sp³-hybridized carbons (Fsp3) is 0.118. The van der Waals surface area contributed by atoms with Crippen molar-refractivity contribution in [3.05, 3.63) is 60.7 Å². The van der Waals surface area contributed by atoms with Gasteiger partial charge in [0.15, 0.2) is 0 Å². The standard InChI is InChI=1S/C17H14N4O/c1-2-16-19-17(20-22-16)13-7-5-6-12(10-13)14-11-21-9-4-3-8-15(21)18-14/h3-11H,2H2,1H3. The van der Waals surface area contributed by atoms with Crippen LogP contribution in [0.3, 0.4) is 0 Å². The molecule has 3 heterocycles. The normalized spacial score (nSPS) is 11.1. The topological polar surface area (TPSA) is 56.2 Å². The lowest BCUT2D eigenvalue weighted by Crippen LogP contribution is -1.84. The van der Waals surface area contributed by atoms with Crippen LogP contribution in [0.2, 0.25) is 0 Å². The van der Waals surface area contributed by atoms with Crippen LogP contribution in [0.25, 0.3) is 28.3 Å². The Morgan fingerprint density at radius 2 is 1.95 bits per heavy atom. The van der Waals surface area contributed by atoms with E-state index in [1.165, 1.54) is 0 Å². The van der Waals surface area contributed by atoms with Crippen LogP contribution in [-0.4, -0.2) is 19.5 Å². The number of hydrogen-bond donors (Lipinski definition) is 0. The van der Waals surface area contributed by atoms with Crippen LogP contribution >= 0.6 is 0 Å². The maximum Gasteiger partial charge on any atom is 0.226 e. The number of nitrogens with zero attached hydrogens (tertiary/aromatic N) is 4. The molecule has 1 aromatic carbocycles. The molecule has 0 spiro atoms. The van der Waals surface area contributed by atoms with Crippen molar-refractivity contribution in [1.82, 2.24) is 19.5 Å². The fourth-order valence-electron chi connectivity index (χ4n) is 2.41. The van der Waals surface area contributed by atoms with E-state index >= 15 is 0 Å². The van der Waals surface area contributed by atoms with E-state index in [2.05, 4.69) is 15.1 Å².